The molecule has 4 rings (SSSR count). The van der Waals surface area contributed by atoms with E-state index in [1.807, 2.05) is 0 Å². The number of rotatable bonds is 4. The summed E-state index contributed by atoms with van der Waals surface area (Å²) in [4.78, 5) is 27.1. The molecule has 2 aromatic rings. The number of likely N-dealkylation sites (tertiary alicyclic amines) is 1. The molecule has 0 bridgehead atoms. The van der Waals surface area contributed by atoms with Gasteiger partial charge in [0.1, 0.15) is 11.0 Å². The standard InChI is InChI=1S/C17H16Cl2N4O2S/c18-10-5-6-12(19)11(8-10)16(25)23-7-1-2-13(23)14(24)20-17-22-21-15(26-17)9-3-4-9/h5-6,8-9,13H,1-4,7H2,(H,20,22,24). The lowest BCUT2D eigenvalue weighted by molar-refractivity contribution is -0.119. The molecule has 1 atom stereocenters. The van der Waals surface area contributed by atoms with E-state index in [4.69, 9.17) is 23.2 Å². The number of nitrogens with zero attached hydrogens (tertiary/aromatic N) is 3. The molecule has 2 fully saturated rings. The molecule has 0 radical (unpaired) electrons. The molecule has 26 heavy (non-hydrogen) atoms. The number of nitrogens with one attached hydrogen (secondary N) is 1. The lowest BCUT2D eigenvalue weighted by Gasteiger charge is -2.24. The molecular weight excluding hydrogens is 395 g/mol. The van der Waals surface area contributed by atoms with Crippen molar-refractivity contribution in [2.24, 2.45) is 0 Å². The van der Waals surface area contributed by atoms with Crippen LogP contribution < -0.4 is 5.32 Å². The topological polar surface area (TPSA) is 75.2 Å². The molecule has 1 saturated heterocycles. The van der Waals surface area contributed by atoms with Gasteiger partial charge in [0.2, 0.25) is 11.0 Å². The lowest BCUT2D eigenvalue weighted by Crippen LogP contribution is -2.43. The van der Waals surface area contributed by atoms with E-state index in [9.17, 15) is 9.59 Å². The number of hydrogen-bond donors (Lipinski definition) is 1. The van der Waals surface area contributed by atoms with Crippen molar-refractivity contribution in [2.45, 2.75) is 37.6 Å². The van der Waals surface area contributed by atoms with Gasteiger partial charge < -0.3 is 4.90 Å². The van der Waals surface area contributed by atoms with Crippen LogP contribution in [0.4, 0.5) is 5.13 Å². The van der Waals surface area contributed by atoms with Crippen molar-refractivity contribution in [1.29, 1.82) is 0 Å². The van der Waals surface area contributed by atoms with E-state index in [1.165, 1.54) is 17.4 Å². The summed E-state index contributed by atoms with van der Waals surface area (Å²) in [5, 5.41) is 13.2. The highest BCUT2D eigenvalue weighted by Gasteiger charge is 2.36. The zero-order valence-electron chi connectivity index (χ0n) is 13.7. The second-order valence-electron chi connectivity index (χ2n) is 6.49. The Morgan fingerprint density at radius 3 is 2.77 bits per heavy atom. The Hall–Kier alpha value is -1.70. The van der Waals surface area contributed by atoms with Crippen LogP contribution in [0.15, 0.2) is 18.2 Å². The minimum atomic E-state index is -0.550. The maximum absolute atomic E-state index is 12.9. The van der Waals surface area contributed by atoms with Crippen molar-refractivity contribution < 1.29 is 9.59 Å². The molecule has 1 saturated carbocycles. The molecule has 2 aliphatic rings. The molecule has 1 N–H and O–H groups in total. The fourth-order valence-corrected chi connectivity index (χ4v) is 4.35. The minimum Gasteiger partial charge on any atom is -0.327 e. The third-order valence-electron chi connectivity index (χ3n) is 4.57. The number of carbonyl (C=O) groups excluding carboxylic acids is 2. The quantitative estimate of drug-likeness (QED) is 0.826. The average molecular weight is 411 g/mol. The second kappa shape index (κ2) is 7.13. The monoisotopic (exact) mass is 410 g/mol. The Balaban J connectivity index is 1.48. The second-order valence-corrected chi connectivity index (χ2v) is 8.34. The van der Waals surface area contributed by atoms with Gasteiger partial charge in [0.05, 0.1) is 10.6 Å². The van der Waals surface area contributed by atoms with Crippen molar-refractivity contribution >= 4 is 51.5 Å². The van der Waals surface area contributed by atoms with Crippen LogP contribution in [0.1, 0.15) is 47.0 Å². The third kappa shape index (κ3) is 3.56. The molecule has 9 heteroatoms. The van der Waals surface area contributed by atoms with Crippen LogP contribution in [0.5, 0.6) is 0 Å². The Labute approximate surface area is 164 Å². The van der Waals surface area contributed by atoms with Gasteiger partial charge in [-0.05, 0) is 43.9 Å². The summed E-state index contributed by atoms with van der Waals surface area (Å²) in [6.45, 7) is 0.503. The first kappa shape index (κ1) is 17.7. The molecule has 1 aliphatic carbocycles. The number of aromatic nitrogens is 2. The van der Waals surface area contributed by atoms with Gasteiger partial charge in [0.25, 0.3) is 5.91 Å². The van der Waals surface area contributed by atoms with Gasteiger partial charge in [-0.15, -0.1) is 10.2 Å². The predicted octanol–water partition coefficient (Wildman–Crippen LogP) is 3.97. The Kier molecular flexibility index (Phi) is 4.86. The molecule has 0 spiro atoms. The molecule has 1 aromatic heterocycles. The number of carbonyl (C=O) groups is 2. The summed E-state index contributed by atoms with van der Waals surface area (Å²) < 4.78 is 0. The summed E-state index contributed by atoms with van der Waals surface area (Å²) >= 11 is 13.5. The van der Waals surface area contributed by atoms with Gasteiger partial charge in [0.15, 0.2) is 0 Å². The Morgan fingerprint density at radius 2 is 2.00 bits per heavy atom. The van der Waals surface area contributed by atoms with E-state index in [1.54, 1.807) is 17.0 Å². The van der Waals surface area contributed by atoms with E-state index in [2.05, 4.69) is 15.5 Å². The first-order chi connectivity index (χ1) is 12.5. The lowest BCUT2D eigenvalue weighted by atomic mass is 10.1. The van der Waals surface area contributed by atoms with Crippen LogP contribution in [0, 0.1) is 0 Å². The van der Waals surface area contributed by atoms with Crippen molar-refractivity contribution in [3.63, 3.8) is 0 Å². The van der Waals surface area contributed by atoms with Crippen LogP contribution in [0.3, 0.4) is 0 Å². The number of hydrogen-bond acceptors (Lipinski definition) is 5. The smallest absolute Gasteiger partial charge is 0.256 e. The fourth-order valence-electron chi connectivity index (χ4n) is 3.07. The Morgan fingerprint density at radius 1 is 1.19 bits per heavy atom. The van der Waals surface area contributed by atoms with Gasteiger partial charge >= 0.3 is 0 Å². The first-order valence-corrected chi connectivity index (χ1v) is 10.0. The van der Waals surface area contributed by atoms with E-state index in [0.717, 1.165) is 24.3 Å². The number of amides is 2. The van der Waals surface area contributed by atoms with E-state index in [0.29, 0.717) is 39.6 Å². The zero-order chi connectivity index (χ0) is 18.3. The van der Waals surface area contributed by atoms with Crippen molar-refractivity contribution in [3.05, 3.63) is 38.8 Å². The zero-order valence-corrected chi connectivity index (χ0v) is 16.1. The number of anilines is 1. The molecule has 136 valence electrons. The molecule has 1 aromatic carbocycles. The largest absolute Gasteiger partial charge is 0.327 e. The van der Waals surface area contributed by atoms with E-state index >= 15 is 0 Å². The third-order valence-corrected chi connectivity index (χ3v) is 6.14. The van der Waals surface area contributed by atoms with Crippen LogP contribution in [0.2, 0.25) is 10.0 Å². The summed E-state index contributed by atoms with van der Waals surface area (Å²) in [7, 11) is 0. The molecular formula is C17H16Cl2N4O2S. The molecule has 6 nitrogen and oxygen atoms in total. The predicted molar refractivity (Wildman–Crippen MR) is 101 cm³/mol. The van der Waals surface area contributed by atoms with Gasteiger partial charge in [0, 0.05) is 17.5 Å². The van der Waals surface area contributed by atoms with Gasteiger partial charge in [-0.3, -0.25) is 14.9 Å². The van der Waals surface area contributed by atoms with Crippen LogP contribution >= 0.6 is 34.5 Å². The van der Waals surface area contributed by atoms with Crippen molar-refractivity contribution in [2.75, 3.05) is 11.9 Å². The van der Waals surface area contributed by atoms with Crippen LogP contribution in [-0.4, -0.2) is 39.5 Å². The maximum Gasteiger partial charge on any atom is 0.256 e. The Bertz CT molecular complexity index is 868. The maximum atomic E-state index is 12.9. The van der Waals surface area contributed by atoms with Gasteiger partial charge in [-0.25, -0.2) is 0 Å². The van der Waals surface area contributed by atoms with Gasteiger partial charge in [-0.2, -0.15) is 0 Å². The van der Waals surface area contributed by atoms with Crippen LogP contribution in [-0.2, 0) is 4.79 Å². The highest BCUT2D eigenvalue weighted by molar-refractivity contribution is 7.15. The van der Waals surface area contributed by atoms with E-state index in [-0.39, 0.29) is 11.8 Å². The van der Waals surface area contributed by atoms with Gasteiger partial charge in [-0.1, -0.05) is 34.5 Å². The minimum absolute atomic E-state index is 0.243. The number of benzene rings is 1. The van der Waals surface area contributed by atoms with E-state index < -0.39 is 6.04 Å². The highest BCUT2D eigenvalue weighted by atomic mass is 35.5. The summed E-state index contributed by atoms with van der Waals surface area (Å²) in [6.07, 6.45) is 3.62. The average Bonchev–Trinajstić information content (AvgIpc) is 3.17. The molecule has 1 aliphatic heterocycles. The fraction of sp³-hybridized carbons (Fsp3) is 0.412. The summed E-state index contributed by atoms with van der Waals surface area (Å²) in [5.74, 6) is -0.0359. The molecule has 1 unspecified atom stereocenters. The highest BCUT2D eigenvalue weighted by Crippen LogP contribution is 2.42. The van der Waals surface area contributed by atoms with Crippen molar-refractivity contribution in [3.8, 4) is 0 Å². The summed E-state index contributed by atoms with van der Waals surface area (Å²) in [5.41, 5.74) is 0.311. The SMILES string of the molecule is O=C(Nc1nnc(C2CC2)s1)C1CCCN1C(=O)c1cc(Cl)ccc1Cl. The first-order valence-electron chi connectivity index (χ1n) is 8.43. The van der Waals surface area contributed by atoms with Crippen molar-refractivity contribution in [1.82, 2.24) is 15.1 Å². The molecule has 2 amide bonds. The summed E-state index contributed by atoms with van der Waals surface area (Å²) in [6, 6.07) is 4.20. The number of halogens is 2. The van der Waals surface area contributed by atoms with Crippen LogP contribution in [0.25, 0.3) is 0 Å². The molecule has 2 heterocycles. The normalized spacial score (nSPS) is 19.6.